The van der Waals surface area contributed by atoms with Gasteiger partial charge in [0.2, 0.25) is 0 Å². The maximum Gasteiger partial charge on any atom is 0.162 e. The molecule has 0 radical (unpaired) electrons. The Kier molecular flexibility index (Phi) is 5.89. The van der Waals surface area contributed by atoms with E-state index in [-0.39, 0.29) is 6.10 Å². The summed E-state index contributed by atoms with van der Waals surface area (Å²) in [6, 6.07) is 14.7. The first kappa shape index (κ1) is 23.7. The van der Waals surface area contributed by atoms with Gasteiger partial charge in [-0.1, -0.05) is 0 Å². The predicted molar refractivity (Wildman–Crippen MR) is 147 cm³/mol. The lowest BCUT2D eigenvalue weighted by molar-refractivity contribution is 0.133. The molecule has 2 saturated heterocycles. The standard InChI is InChI=1S/C29H29N7O3/c1-17-9-18(5-6-25(17)38-21-7-8-36-28(12-21)31-16-33-36)35-29-23-13-27(26(37-2)14-24(23)30-15-32-29)39-22-10-19-3-4-20(11-22)34-19/h5-9,12-16,19-20,22,34H,3-4,10-11H2,1-2H3,(H,30,32,35)/t19-,20+,22?. The molecule has 1 unspecified atom stereocenters. The normalized spacial score (nSPS) is 20.3. The number of hydrogen-bond donors (Lipinski definition) is 2. The van der Waals surface area contributed by atoms with Crippen LogP contribution < -0.4 is 24.8 Å². The molecule has 2 aliphatic heterocycles. The van der Waals surface area contributed by atoms with Crippen molar-refractivity contribution in [1.29, 1.82) is 0 Å². The summed E-state index contributed by atoms with van der Waals surface area (Å²) in [7, 11) is 1.66. The molecule has 0 spiro atoms. The first-order chi connectivity index (χ1) is 19.1. The maximum absolute atomic E-state index is 6.51. The van der Waals surface area contributed by atoms with E-state index >= 15 is 0 Å². The largest absolute Gasteiger partial charge is 0.493 e. The van der Waals surface area contributed by atoms with Gasteiger partial charge in [-0.15, -0.1) is 0 Å². The number of benzene rings is 2. The minimum absolute atomic E-state index is 0.164. The average molecular weight is 524 g/mol. The topological polar surface area (TPSA) is 108 Å². The molecule has 2 bridgehead atoms. The van der Waals surface area contributed by atoms with E-state index in [1.165, 1.54) is 19.2 Å². The molecule has 5 aromatic rings. The van der Waals surface area contributed by atoms with Gasteiger partial charge in [-0.25, -0.2) is 19.5 Å². The van der Waals surface area contributed by atoms with E-state index in [1.807, 2.05) is 55.6 Å². The monoisotopic (exact) mass is 523 g/mol. The van der Waals surface area contributed by atoms with Crippen molar-refractivity contribution in [3.8, 4) is 23.0 Å². The van der Waals surface area contributed by atoms with Gasteiger partial charge in [0.05, 0.1) is 12.6 Å². The molecule has 2 aromatic carbocycles. The van der Waals surface area contributed by atoms with Crippen molar-refractivity contribution in [2.45, 2.75) is 50.8 Å². The lowest BCUT2D eigenvalue weighted by Crippen LogP contribution is -2.42. The van der Waals surface area contributed by atoms with Gasteiger partial charge < -0.3 is 24.8 Å². The molecular weight excluding hydrogens is 494 g/mol. The van der Waals surface area contributed by atoms with E-state index in [0.29, 0.717) is 29.4 Å². The molecular formula is C29H29N7O3. The summed E-state index contributed by atoms with van der Waals surface area (Å²) in [5.41, 5.74) is 3.38. The number of rotatable bonds is 7. The molecule has 10 heteroatoms. The third-order valence-corrected chi connectivity index (χ3v) is 7.56. The smallest absolute Gasteiger partial charge is 0.162 e. The summed E-state index contributed by atoms with van der Waals surface area (Å²) < 4.78 is 20.0. The number of methoxy groups -OCH3 is 1. The molecule has 2 aliphatic rings. The Morgan fingerprint density at radius 1 is 0.923 bits per heavy atom. The quantitative estimate of drug-likeness (QED) is 0.298. The molecule has 3 aromatic heterocycles. The van der Waals surface area contributed by atoms with Crippen molar-refractivity contribution in [3.05, 3.63) is 66.9 Å². The van der Waals surface area contributed by atoms with E-state index in [4.69, 9.17) is 14.2 Å². The van der Waals surface area contributed by atoms with Crippen molar-refractivity contribution in [1.82, 2.24) is 29.9 Å². The fourth-order valence-electron chi connectivity index (χ4n) is 5.66. The zero-order valence-corrected chi connectivity index (χ0v) is 21.8. The summed E-state index contributed by atoms with van der Waals surface area (Å²) in [6.07, 6.45) is 9.53. The highest BCUT2D eigenvalue weighted by Crippen LogP contribution is 2.38. The first-order valence-electron chi connectivity index (χ1n) is 13.2. The minimum Gasteiger partial charge on any atom is -0.493 e. The molecule has 0 amide bonds. The second kappa shape index (κ2) is 9.70. The van der Waals surface area contributed by atoms with E-state index in [0.717, 1.165) is 52.1 Å². The third-order valence-electron chi connectivity index (χ3n) is 7.56. The second-order valence-electron chi connectivity index (χ2n) is 10.2. The molecule has 7 rings (SSSR count). The number of hydrogen-bond acceptors (Lipinski definition) is 9. The van der Waals surface area contributed by atoms with Gasteiger partial charge in [0.1, 0.15) is 36.1 Å². The van der Waals surface area contributed by atoms with Gasteiger partial charge >= 0.3 is 0 Å². The number of aryl methyl sites for hydroxylation is 1. The van der Waals surface area contributed by atoms with Gasteiger partial charge in [0, 0.05) is 41.5 Å². The maximum atomic E-state index is 6.51. The molecule has 0 saturated carbocycles. The third kappa shape index (κ3) is 4.67. The summed E-state index contributed by atoms with van der Waals surface area (Å²) in [5.74, 6) is 3.55. The highest BCUT2D eigenvalue weighted by Gasteiger charge is 2.35. The van der Waals surface area contributed by atoms with E-state index in [9.17, 15) is 0 Å². The van der Waals surface area contributed by atoms with Crippen LogP contribution in [0.15, 0.2) is 61.3 Å². The van der Waals surface area contributed by atoms with Gasteiger partial charge in [-0.05, 0) is 68.5 Å². The van der Waals surface area contributed by atoms with Crippen LogP contribution in [0.4, 0.5) is 11.5 Å². The molecule has 2 N–H and O–H groups in total. The summed E-state index contributed by atoms with van der Waals surface area (Å²) in [4.78, 5) is 13.2. The number of pyridine rings is 1. The van der Waals surface area contributed by atoms with E-state index < -0.39 is 0 Å². The molecule has 39 heavy (non-hydrogen) atoms. The van der Waals surface area contributed by atoms with Crippen LogP contribution in [-0.2, 0) is 0 Å². The van der Waals surface area contributed by atoms with Crippen LogP contribution in [0.1, 0.15) is 31.2 Å². The van der Waals surface area contributed by atoms with Gasteiger partial charge in [-0.3, -0.25) is 0 Å². The van der Waals surface area contributed by atoms with Crippen LogP contribution in [0.25, 0.3) is 16.6 Å². The Morgan fingerprint density at radius 2 is 1.79 bits per heavy atom. The predicted octanol–water partition coefficient (Wildman–Crippen LogP) is 5.19. The Morgan fingerprint density at radius 3 is 2.62 bits per heavy atom. The Balaban J connectivity index is 1.14. The highest BCUT2D eigenvalue weighted by molar-refractivity contribution is 5.93. The second-order valence-corrected chi connectivity index (χ2v) is 10.2. The highest BCUT2D eigenvalue weighted by atomic mass is 16.5. The Bertz CT molecular complexity index is 1660. The lowest BCUT2D eigenvalue weighted by Gasteiger charge is -2.30. The summed E-state index contributed by atoms with van der Waals surface area (Å²) >= 11 is 0. The summed E-state index contributed by atoms with van der Waals surface area (Å²) in [5, 5.41) is 12.1. The molecule has 3 atom stereocenters. The van der Waals surface area contributed by atoms with Crippen molar-refractivity contribution in [2.24, 2.45) is 0 Å². The van der Waals surface area contributed by atoms with Crippen LogP contribution in [-0.4, -0.2) is 49.9 Å². The number of piperidine rings is 1. The molecule has 5 heterocycles. The van der Waals surface area contributed by atoms with Crippen molar-refractivity contribution >= 4 is 28.1 Å². The number of anilines is 2. The van der Waals surface area contributed by atoms with Crippen LogP contribution in [0.2, 0.25) is 0 Å². The molecule has 0 aliphatic carbocycles. The average Bonchev–Trinajstić information content (AvgIpc) is 3.55. The Labute approximate surface area is 225 Å². The van der Waals surface area contributed by atoms with Crippen LogP contribution in [0.5, 0.6) is 23.0 Å². The van der Waals surface area contributed by atoms with E-state index in [2.05, 4.69) is 30.7 Å². The molecule has 10 nitrogen and oxygen atoms in total. The van der Waals surface area contributed by atoms with Gasteiger partial charge in [0.15, 0.2) is 17.1 Å². The minimum atomic E-state index is 0.164. The number of nitrogens with zero attached hydrogens (tertiary/aromatic N) is 5. The SMILES string of the molecule is COc1cc2ncnc(Nc3ccc(Oc4ccn5ncnc5c4)c(C)c3)c2cc1OC1C[C@H]2CC[C@@H](C1)N2. The van der Waals surface area contributed by atoms with Gasteiger partial charge in [-0.2, -0.15) is 5.10 Å². The van der Waals surface area contributed by atoms with Crippen LogP contribution >= 0.6 is 0 Å². The van der Waals surface area contributed by atoms with E-state index in [1.54, 1.807) is 18.0 Å². The zero-order valence-electron chi connectivity index (χ0n) is 21.8. The van der Waals surface area contributed by atoms with Crippen molar-refractivity contribution in [2.75, 3.05) is 12.4 Å². The number of nitrogens with one attached hydrogen (secondary N) is 2. The first-order valence-corrected chi connectivity index (χ1v) is 13.2. The van der Waals surface area contributed by atoms with Crippen LogP contribution in [0.3, 0.4) is 0 Å². The lowest BCUT2D eigenvalue weighted by atomic mass is 10.0. The fourth-order valence-corrected chi connectivity index (χ4v) is 5.66. The number of ether oxygens (including phenoxy) is 3. The van der Waals surface area contributed by atoms with Crippen molar-refractivity contribution in [3.63, 3.8) is 0 Å². The molecule has 2 fully saturated rings. The summed E-state index contributed by atoms with van der Waals surface area (Å²) in [6.45, 7) is 2.01. The van der Waals surface area contributed by atoms with Crippen LogP contribution in [0, 0.1) is 6.92 Å². The van der Waals surface area contributed by atoms with Crippen molar-refractivity contribution < 1.29 is 14.2 Å². The Hall–Kier alpha value is -4.44. The zero-order chi connectivity index (χ0) is 26.3. The van der Waals surface area contributed by atoms with Gasteiger partial charge in [0.25, 0.3) is 0 Å². The number of fused-ring (bicyclic) bond motifs is 4. The molecule has 198 valence electrons. The number of aromatic nitrogens is 5. The fraction of sp³-hybridized carbons (Fsp3) is 0.310.